The molecule has 0 fully saturated rings. The van der Waals surface area contributed by atoms with E-state index in [1.165, 1.54) is 0 Å². The molecule has 0 saturated heterocycles. The SMILES string of the molecule is NC(S)(CS)CCC(=O)O. The monoisotopic (exact) mass is 181 g/mol. The minimum Gasteiger partial charge on any atom is -0.481 e. The van der Waals surface area contributed by atoms with Gasteiger partial charge in [-0.25, -0.2) is 0 Å². The maximum Gasteiger partial charge on any atom is 0.303 e. The van der Waals surface area contributed by atoms with Gasteiger partial charge in [0.2, 0.25) is 0 Å². The molecular formula is C5H11NO2S2. The van der Waals surface area contributed by atoms with Gasteiger partial charge in [0.1, 0.15) is 0 Å². The summed E-state index contributed by atoms with van der Waals surface area (Å²) in [4.78, 5) is 9.30. The normalized spacial score (nSPS) is 16.3. The second-order valence-electron chi connectivity index (χ2n) is 2.16. The van der Waals surface area contributed by atoms with E-state index in [0.29, 0.717) is 12.2 Å². The molecule has 1 atom stereocenters. The van der Waals surface area contributed by atoms with Gasteiger partial charge in [0.05, 0.1) is 4.87 Å². The van der Waals surface area contributed by atoms with E-state index in [4.69, 9.17) is 10.8 Å². The molecule has 0 heterocycles. The van der Waals surface area contributed by atoms with Crippen molar-refractivity contribution in [3.63, 3.8) is 0 Å². The van der Waals surface area contributed by atoms with Crippen molar-refractivity contribution >= 4 is 31.2 Å². The molecule has 0 aliphatic rings. The molecule has 0 aromatic carbocycles. The highest BCUT2D eigenvalue weighted by atomic mass is 32.1. The Hall–Kier alpha value is 0.130. The molecule has 0 aliphatic carbocycles. The van der Waals surface area contributed by atoms with Crippen LogP contribution >= 0.6 is 25.3 Å². The second kappa shape index (κ2) is 4.10. The second-order valence-corrected chi connectivity index (χ2v) is 3.36. The van der Waals surface area contributed by atoms with Crippen LogP contribution in [0.3, 0.4) is 0 Å². The van der Waals surface area contributed by atoms with Crippen LogP contribution in [-0.2, 0) is 4.79 Å². The molecule has 0 bridgehead atoms. The zero-order valence-corrected chi connectivity index (χ0v) is 7.24. The summed E-state index contributed by atoms with van der Waals surface area (Å²) in [5.74, 6) is -0.478. The molecule has 1 unspecified atom stereocenters. The van der Waals surface area contributed by atoms with Crippen molar-refractivity contribution in [2.45, 2.75) is 17.7 Å². The quantitative estimate of drug-likeness (QED) is 0.374. The van der Waals surface area contributed by atoms with E-state index < -0.39 is 10.8 Å². The molecule has 60 valence electrons. The molecule has 0 spiro atoms. The lowest BCUT2D eigenvalue weighted by molar-refractivity contribution is -0.137. The van der Waals surface area contributed by atoms with Gasteiger partial charge in [0.25, 0.3) is 0 Å². The Labute approximate surface area is 70.8 Å². The third kappa shape index (κ3) is 4.96. The average Bonchev–Trinajstić information content (AvgIpc) is 1.85. The van der Waals surface area contributed by atoms with Crippen LogP contribution in [0, 0.1) is 0 Å². The van der Waals surface area contributed by atoms with Crippen LogP contribution in [0.25, 0.3) is 0 Å². The molecule has 0 rings (SSSR count). The molecule has 3 nitrogen and oxygen atoms in total. The number of rotatable bonds is 4. The number of thiol groups is 2. The fraction of sp³-hybridized carbons (Fsp3) is 0.800. The third-order valence-corrected chi connectivity index (χ3v) is 2.24. The highest BCUT2D eigenvalue weighted by Crippen LogP contribution is 2.15. The van der Waals surface area contributed by atoms with Crippen LogP contribution < -0.4 is 5.73 Å². The zero-order valence-electron chi connectivity index (χ0n) is 5.45. The first kappa shape index (κ1) is 10.1. The molecule has 0 radical (unpaired) electrons. The summed E-state index contributed by atoms with van der Waals surface area (Å²) in [5.41, 5.74) is 5.49. The van der Waals surface area contributed by atoms with Crippen molar-refractivity contribution in [3.05, 3.63) is 0 Å². The van der Waals surface area contributed by atoms with Crippen molar-refractivity contribution in [1.29, 1.82) is 0 Å². The number of aliphatic carboxylic acids is 1. The van der Waals surface area contributed by atoms with Crippen molar-refractivity contribution in [3.8, 4) is 0 Å². The lowest BCUT2D eigenvalue weighted by atomic mass is 10.2. The average molecular weight is 181 g/mol. The maximum atomic E-state index is 10.0. The fourth-order valence-electron chi connectivity index (χ4n) is 0.402. The van der Waals surface area contributed by atoms with Gasteiger partial charge in [-0.1, -0.05) is 0 Å². The number of hydrogen-bond acceptors (Lipinski definition) is 4. The van der Waals surface area contributed by atoms with Gasteiger partial charge >= 0.3 is 5.97 Å². The van der Waals surface area contributed by atoms with Crippen molar-refractivity contribution in [2.24, 2.45) is 5.73 Å². The largest absolute Gasteiger partial charge is 0.481 e. The summed E-state index contributed by atoms with van der Waals surface area (Å²) >= 11 is 7.91. The number of carbonyl (C=O) groups is 1. The Balaban J connectivity index is 3.56. The predicted molar refractivity (Wildman–Crippen MR) is 46.6 cm³/mol. The van der Waals surface area contributed by atoms with Crippen molar-refractivity contribution in [1.82, 2.24) is 0 Å². The fourth-order valence-corrected chi connectivity index (χ4v) is 0.672. The summed E-state index contributed by atoms with van der Waals surface area (Å²) < 4.78 is 0. The van der Waals surface area contributed by atoms with E-state index in [9.17, 15) is 4.79 Å². The highest BCUT2D eigenvalue weighted by molar-refractivity contribution is 7.85. The molecule has 0 amide bonds. The van der Waals surface area contributed by atoms with Gasteiger partial charge in [0, 0.05) is 12.2 Å². The molecule has 0 saturated carbocycles. The van der Waals surface area contributed by atoms with Crippen LogP contribution in [0.2, 0.25) is 0 Å². The molecule has 0 aliphatic heterocycles. The van der Waals surface area contributed by atoms with E-state index in [2.05, 4.69) is 25.3 Å². The summed E-state index contributed by atoms with van der Waals surface area (Å²) in [7, 11) is 0. The summed E-state index contributed by atoms with van der Waals surface area (Å²) in [6, 6.07) is 0. The molecule has 0 aromatic rings. The number of carboxylic acids is 1. The molecule has 10 heavy (non-hydrogen) atoms. The standard InChI is InChI=1S/C5H11NO2S2/c6-5(10,3-9)2-1-4(7)8/h9-10H,1-3,6H2,(H,7,8). The molecular weight excluding hydrogens is 170 g/mol. The van der Waals surface area contributed by atoms with E-state index in [0.717, 1.165) is 0 Å². The van der Waals surface area contributed by atoms with Crippen LogP contribution in [0.15, 0.2) is 0 Å². The van der Waals surface area contributed by atoms with Gasteiger partial charge in [-0.05, 0) is 6.42 Å². The first-order chi connectivity index (χ1) is 4.48. The van der Waals surface area contributed by atoms with Crippen LogP contribution in [0.5, 0.6) is 0 Å². The smallest absolute Gasteiger partial charge is 0.303 e. The topological polar surface area (TPSA) is 63.3 Å². The Morgan fingerprint density at radius 3 is 2.50 bits per heavy atom. The van der Waals surface area contributed by atoms with E-state index >= 15 is 0 Å². The van der Waals surface area contributed by atoms with Gasteiger partial charge in [-0.2, -0.15) is 25.3 Å². The Morgan fingerprint density at radius 1 is 1.70 bits per heavy atom. The van der Waals surface area contributed by atoms with Crippen LogP contribution in [-0.4, -0.2) is 21.7 Å². The summed E-state index contributed by atoms with van der Waals surface area (Å²) in [6.45, 7) is 0. The van der Waals surface area contributed by atoms with Crippen molar-refractivity contribution < 1.29 is 9.90 Å². The Bertz CT molecular complexity index is 127. The van der Waals surface area contributed by atoms with E-state index in [1.54, 1.807) is 0 Å². The number of hydrogen-bond donors (Lipinski definition) is 4. The first-order valence-corrected chi connectivity index (χ1v) is 3.90. The minimum atomic E-state index is -0.856. The number of carboxylic acid groups (broad SMARTS) is 1. The maximum absolute atomic E-state index is 10.0. The van der Waals surface area contributed by atoms with Crippen LogP contribution in [0.1, 0.15) is 12.8 Å². The Morgan fingerprint density at radius 2 is 2.20 bits per heavy atom. The van der Waals surface area contributed by atoms with E-state index in [-0.39, 0.29) is 6.42 Å². The van der Waals surface area contributed by atoms with Gasteiger partial charge in [0.15, 0.2) is 0 Å². The Kier molecular flexibility index (Phi) is 4.15. The predicted octanol–water partition coefficient (Wildman–Crippen LogP) is 0.366. The van der Waals surface area contributed by atoms with Crippen molar-refractivity contribution in [2.75, 3.05) is 5.75 Å². The number of nitrogens with two attached hydrogens (primary N) is 1. The zero-order chi connectivity index (χ0) is 8.20. The van der Waals surface area contributed by atoms with Gasteiger partial charge < -0.3 is 10.8 Å². The van der Waals surface area contributed by atoms with Gasteiger partial charge in [-0.15, -0.1) is 0 Å². The minimum absolute atomic E-state index is 0.0422. The van der Waals surface area contributed by atoms with Crippen LogP contribution in [0.4, 0.5) is 0 Å². The van der Waals surface area contributed by atoms with Gasteiger partial charge in [-0.3, -0.25) is 4.79 Å². The summed E-state index contributed by atoms with van der Waals surface area (Å²) in [5, 5.41) is 8.26. The third-order valence-electron chi connectivity index (χ3n) is 1.05. The lowest BCUT2D eigenvalue weighted by Crippen LogP contribution is -2.35. The van der Waals surface area contributed by atoms with E-state index in [1.807, 2.05) is 0 Å². The lowest BCUT2D eigenvalue weighted by Gasteiger charge is -2.19. The summed E-state index contributed by atoms with van der Waals surface area (Å²) in [6.07, 6.45) is 0.384. The highest BCUT2D eigenvalue weighted by Gasteiger charge is 2.18. The molecule has 5 heteroatoms. The molecule has 0 aromatic heterocycles. The first-order valence-electron chi connectivity index (χ1n) is 2.82. The molecule has 3 N–H and O–H groups in total.